The first-order chi connectivity index (χ1) is 6.72. The van der Waals surface area contributed by atoms with E-state index in [1.165, 1.54) is 6.21 Å². The van der Waals surface area contributed by atoms with Crippen molar-refractivity contribution in [1.29, 1.82) is 0 Å². The molecule has 1 unspecified atom stereocenters. The molecule has 1 aliphatic rings. The summed E-state index contributed by atoms with van der Waals surface area (Å²) in [6.07, 6.45) is 2.35. The van der Waals surface area contributed by atoms with Gasteiger partial charge < -0.3 is 4.18 Å². The second-order valence-electron chi connectivity index (χ2n) is 2.97. The SMILES string of the molecule is CC1CC(OS(=O)(=O)C(F)(F)F)=CC=N1. The molecule has 1 heterocycles. The fourth-order valence-corrected chi connectivity index (χ4v) is 1.43. The predicted octanol–water partition coefficient (Wildman–Crippen LogP) is 1.60. The van der Waals surface area contributed by atoms with Crippen LogP contribution in [0, 0.1) is 0 Å². The minimum Gasteiger partial charge on any atom is -0.380 e. The highest BCUT2D eigenvalue weighted by Gasteiger charge is 2.48. The molecule has 0 amide bonds. The van der Waals surface area contributed by atoms with E-state index >= 15 is 0 Å². The third kappa shape index (κ3) is 2.95. The van der Waals surface area contributed by atoms with Crippen LogP contribution in [0.15, 0.2) is 16.8 Å². The Hall–Kier alpha value is -1.05. The van der Waals surface area contributed by atoms with Gasteiger partial charge in [-0.15, -0.1) is 0 Å². The number of allylic oxidation sites excluding steroid dienone is 1. The first-order valence-electron chi connectivity index (χ1n) is 3.95. The molecule has 0 fully saturated rings. The molecule has 1 atom stereocenters. The lowest BCUT2D eigenvalue weighted by Gasteiger charge is -2.15. The molecule has 15 heavy (non-hydrogen) atoms. The van der Waals surface area contributed by atoms with Crippen LogP contribution in [0.5, 0.6) is 0 Å². The largest absolute Gasteiger partial charge is 0.534 e. The van der Waals surface area contributed by atoms with Crippen LogP contribution < -0.4 is 0 Å². The van der Waals surface area contributed by atoms with Crippen molar-refractivity contribution in [2.75, 3.05) is 0 Å². The molecule has 1 rings (SSSR count). The maximum Gasteiger partial charge on any atom is 0.534 e. The van der Waals surface area contributed by atoms with Crippen molar-refractivity contribution in [3.8, 4) is 0 Å². The zero-order chi connectivity index (χ0) is 11.7. The topological polar surface area (TPSA) is 55.7 Å². The van der Waals surface area contributed by atoms with Gasteiger partial charge in [-0.3, -0.25) is 4.99 Å². The van der Waals surface area contributed by atoms with Gasteiger partial charge in [-0.25, -0.2) is 0 Å². The molecule has 0 N–H and O–H groups in total. The molecule has 0 saturated heterocycles. The van der Waals surface area contributed by atoms with Crippen LogP contribution in [-0.4, -0.2) is 26.2 Å². The van der Waals surface area contributed by atoms with Crippen molar-refractivity contribution in [3.63, 3.8) is 0 Å². The number of hydrogen-bond acceptors (Lipinski definition) is 4. The highest BCUT2D eigenvalue weighted by Crippen LogP contribution is 2.28. The van der Waals surface area contributed by atoms with Crippen molar-refractivity contribution in [2.45, 2.75) is 24.9 Å². The predicted molar refractivity (Wildman–Crippen MR) is 46.7 cm³/mol. The molecule has 0 aromatic rings. The molecule has 0 bridgehead atoms. The van der Waals surface area contributed by atoms with E-state index in [1.807, 2.05) is 0 Å². The van der Waals surface area contributed by atoms with Crippen molar-refractivity contribution in [1.82, 2.24) is 0 Å². The van der Waals surface area contributed by atoms with Gasteiger partial charge in [-0.05, 0) is 13.0 Å². The molecule has 0 aromatic carbocycles. The number of hydrogen-bond donors (Lipinski definition) is 0. The normalized spacial score (nSPS) is 22.4. The lowest BCUT2D eigenvalue weighted by Crippen LogP contribution is -2.26. The maximum absolute atomic E-state index is 11.9. The minimum absolute atomic E-state index is 0.0335. The quantitative estimate of drug-likeness (QED) is 0.546. The summed E-state index contributed by atoms with van der Waals surface area (Å²) in [6.45, 7) is 1.63. The molecule has 1 aliphatic heterocycles. The smallest absolute Gasteiger partial charge is 0.380 e. The number of rotatable bonds is 2. The van der Waals surface area contributed by atoms with Gasteiger partial charge in [0.25, 0.3) is 0 Å². The second-order valence-corrected chi connectivity index (χ2v) is 4.51. The number of nitrogens with zero attached hydrogens (tertiary/aromatic N) is 1. The number of aliphatic imine (C=N–C) groups is 1. The Balaban J connectivity index is 2.80. The molecule has 0 saturated carbocycles. The van der Waals surface area contributed by atoms with Gasteiger partial charge >= 0.3 is 15.6 Å². The van der Waals surface area contributed by atoms with Gasteiger partial charge in [-0.1, -0.05) is 0 Å². The van der Waals surface area contributed by atoms with Gasteiger partial charge in [-0.2, -0.15) is 21.6 Å². The lowest BCUT2D eigenvalue weighted by molar-refractivity contribution is -0.0523. The Morgan fingerprint density at radius 1 is 1.53 bits per heavy atom. The van der Waals surface area contributed by atoms with Gasteiger partial charge in [0.05, 0.1) is 6.04 Å². The Bertz CT molecular complexity index is 396. The van der Waals surface area contributed by atoms with Gasteiger partial charge in [0, 0.05) is 12.6 Å². The van der Waals surface area contributed by atoms with E-state index in [-0.39, 0.29) is 18.2 Å². The summed E-state index contributed by atoms with van der Waals surface area (Å²) in [6, 6.07) is -0.284. The zero-order valence-electron chi connectivity index (χ0n) is 7.65. The van der Waals surface area contributed by atoms with Crippen molar-refractivity contribution >= 4 is 16.3 Å². The Labute approximate surface area is 84.6 Å². The third-order valence-corrected chi connectivity index (χ3v) is 2.60. The minimum atomic E-state index is -5.55. The van der Waals surface area contributed by atoms with Gasteiger partial charge in [0.1, 0.15) is 5.76 Å². The zero-order valence-corrected chi connectivity index (χ0v) is 8.47. The summed E-state index contributed by atoms with van der Waals surface area (Å²) in [4.78, 5) is 3.81. The molecular formula is C7H8F3NO3S. The van der Waals surface area contributed by atoms with Crippen LogP contribution in [0.1, 0.15) is 13.3 Å². The van der Waals surface area contributed by atoms with Crippen LogP contribution in [0.4, 0.5) is 13.2 Å². The van der Waals surface area contributed by atoms with Crippen LogP contribution >= 0.6 is 0 Å². The van der Waals surface area contributed by atoms with E-state index in [0.717, 1.165) is 6.08 Å². The van der Waals surface area contributed by atoms with E-state index in [4.69, 9.17) is 0 Å². The molecule has 0 spiro atoms. The Morgan fingerprint density at radius 2 is 2.13 bits per heavy atom. The van der Waals surface area contributed by atoms with Crippen molar-refractivity contribution < 1.29 is 25.8 Å². The van der Waals surface area contributed by atoms with Crippen molar-refractivity contribution in [3.05, 3.63) is 11.8 Å². The Morgan fingerprint density at radius 3 is 2.60 bits per heavy atom. The number of halogens is 3. The van der Waals surface area contributed by atoms with Gasteiger partial charge in [0.15, 0.2) is 0 Å². The van der Waals surface area contributed by atoms with E-state index in [1.54, 1.807) is 6.92 Å². The first-order valence-corrected chi connectivity index (χ1v) is 5.36. The molecule has 4 nitrogen and oxygen atoms in total. The summed E-state index contributed by atoms with van der Waals surface area (Å²) in [7, 11) is -5.55. The van der Waals surface area contributed by atoms with E-state index < -0.39 is 15.6 Å². The van der Waals surface area contributed by atoms with Crippen LogP contribution in [0.25, 0.3) is 0 Å². The number of alkyl halides is 3. The van der Waals surface area contributed by atoms with Crippen LogP contribution in [0.2, 0.25) is 0 Å². The summed E-state index contributed by atoms with van der Waals surface area (Å²) in [5, 5.41) is 0. The van der Waals surface area contributed by atoms with E-state index in [0.29, 0.717) is 0 Å². The monoisotopic (exact) mass is 243 g/mol. The van der Waals surface area contributed by atoms with Crippen LogP contribution in [0.3, 0.4) is 0 Å². The van der Waals surface area contributed by atoms with E-state index in [2.05, 4.69) is 9.18 Å². The summed E-state index contributed by atoms with van der Waals surface area (Å²) >= 11 is 0. The molecule has 0 radical (unpaired) electrons. The maximum atomic E-state index is 11.9. The van der Waals surface area contributed by atoms with Crippen LogP contribution in [-0.2, 0) is 14.3 Å². The summed E-state index contributed by atoms with van der Waals surface area (Å²) < 4.78 is 60.9. The molecule has 0 aromatic heterocycles. The fraction of sp³-hybridized carbons (Fsp3) is 0.571. The molecule has 86 valence electrons. The second kappa shape index (κ2) is 3.84. The average molecular weight is 243 g/mol. The fourth-order valence-electron chi connectivity index (χ4n) is 0.935. The highest BCUT2D eigenvalue weighted by atomic mass is 32.2. The summed E-state index contributed by atoms with van der Waals surface area (Å²) in [5.41, 5.74) is -5.40. The average Bonchev–Trinajstić information content (AvgIpc) is 2.00. The number of dihydropyridines is 1. The standard InChI is InChI=1S/C7H8F3NO3S/c1-5-4-6(2-3-11-5)14-15(12,13)7(8,9)10/h2-3,5H,4H2,1H3. The Kier molecular flexibility index (Phi) is 3.08. The van der Waals surface area contributed by atoms with E-state index in [9.17, 15) is 21.6 Å². The molecular weight excluding hydrogens is 235 g/mol. The van der Waals surface area contributed by atoms with Crippen molar-refractivity contribution in [2.24, 2.45) is 4.99 Å². The first kappa shape index (κ1) is 12.0. The summed E-state index contributed by atoms with van der Waals surface area (Å²) in [5.74, 6) is -0.255. The highest BCUT2D eigenvalue weighted by molar-refractivity contribution is 7.87. The lowest BCUT2D eigenvalue weighted by atomic mass is 10.2. The molecule has 0 aliphatic carbocycles. The van der Waals surface area contributed by atoms with Gasteiger partial charge in [0.2, 0.25) is 0 Å². The third-order valence-electron chi connectivity index (χ3n) is 1.60. The molecule has 8 heteroatoms.